The molecule has 1 aromatic rings. The average molecular weight is 246 g/mol. The van der Waals surface area contributed by atoms with Gasteiger partial charge in [0.15, 0.2) is 0 Å². The van der Waals surface area contributed by atoms with Crippen molar-refractivity contribution in [3.63, 3.8) is 0 Å². The summed E-state index contributed by atoms with van der Waals surface area (Å²) >= 11 is 0. The molecule has 0 spiro atoms. The van der Waals surface area contributed by atoms with E-state index in [9.17, 15) is 4.79 Å². The van der Waals surface area contributed by atoms with Crippen LogP contribution in [-0.4, -0.2) is 48.9 Å². The summed E-state index contributed by atoms with van der Waals surface area (Å²) in [6, 6.07) is 10.6. The summed E-state index contributed by atoms with van der Waals surface area (Å²) in [7, 11) is 1.90. The molecule has 98 valence electrons. The van der Waals surface area contributed by atoms with Gasteiger partial charge >= 0.3 is 0 Å². The van der Waals surface area contributed by atoms with Crippen LogP contribution in [-0.2, 0) is 4.79 Å². The summed E-state index contributed by atoms with van der Waals surface area (Å²) in [5.74, 6) is 0.787. The highest BCUT2D eigenvalue weighted by molar-refractivity contribution is 5.76. The Kier molecular flexibility index (Phi) is 4.37. The molecule has 3 nitrogen and oxygen atoms in total. The Morgan fingerprint density at radius 3 is 2.61 bits per heavy atom. The number of carbonyl (C=O) groups excluding carboxylic acids is 1. The van der Waals surface area contributed by atoms with Crippen molar-refractivity contribution in [3.05, 3.63) is 35.9 Å². The van der Waals surface area contributed by atoms with Crippen LogP contribution in [0.3, 0.4) is 0 Å². The van der Waals surface area contributed by atoms with Gasteiger partial charge in [-0.15, -0.1) is 0 Å². The number of nitrogens with zero attached hydrogens (tertiary/aromatic N) is 2. The molecule has 1 saturated heterocycles. The summed E-state index contributed by atoms with van der Waals surface area (Å²) in [6.45, 7) is 6.01. The Hall–Kier alpha value is -1.35. The van der Waals surface area contributed by atoms with Crippen LogP contribution in [0.15, 0.2) is 30.3 Å². The molecule has 1 aliphatic rings. The van der Waals surface area contributed by atoms with Crippen molar-refractivity contribution in [3.8, 4) is 0 Å². The number of benzene rings is 1. The lowest BCUT2D eigenvalue weighted by molar-refractivity contribution is -0.129. The van der Waals surface area contributed by atoms with Crippen LogP contribution in [0.4, 0.5) is 0 Å². The zero-order valence-electron chi connectivity index (χ0n) is 11.3. The SMILES string of the molecule is CC(CN1CCC(=O)N(C)CC1)c1ccccc1. The van der Waals surface area contributed by atoms with E-state index in [4.69, 9.17) is 0 Å². The smallest absolute Gasteiger partial charge is 0.223 e. The monoisotopic (exact) mass is 246 g/mol. The zero-order valence-corrected chi connectivity index (χ0v) is 11.3. The molecule has 1 amide bonds. The van der Waals surface area contributed by atoms with Gasteiger partial charge in [-0.1, -0.05) is 37.3 Å². The molecule has 1 aromatic carbocycles. The van der Waals surface area contributed by atoms with Crippen LogP contribution < -0.4 is 0 Å². The summed E-state index contributed by atoms with van der Waals surface area (Å²) in [5.41, 5.74) is 1.38. The number of hydrogen-bond donors (Lipinski definition) is 0. The van der Waals surface area contributed by atoms with E-state index in [1.807, 2.05) is 11.9 Å². The molecule has 1 atom stereocenters. The second-order valence-electron chi connectivity index (χ2n) is 5.18. The van der Waals surface area contributed by atoms with Crippen molar-refractivity contribution in [2.24, 2.45) is 0 Å². The molecule has 0 N–H and O–H groups in total. The van der Waals surface area contributed by atoms with Crippen molar-refractivity contribution in [2.45, 2.75) is 19.3 Å². The van der Waals surface area contributed by atoms with Crippen molar-refractivity contribution in [1.82, 2.24) is 9.80 Å². The third-order valence-electron chi connectivity index (χ3n) is 3.72. The lowest BCUT2D eigenvalue weighted by Gasteiger charge is -2.24. The van der Waals surface area contributed by atoms with Gasteiger partial charge in [0.05, 0.1) is 0 Å². The zero-order chi connectivity index (χ0) is 13.0. The summed E-state index contributed by atoms with van der Waals surface area (Å²) in [6.07, 6.45) is 0.651. The topological polar surface area (TPSA) is 23.6 Å². The Labute approximate surface area is 109 Å². The van der Waals surface area contributed by atoms with Gasteiger partial charge in [-0.3, -0.25) is 4.79 Å². The largest absolute Gasteiger partial charge is 0.344 e. The Morgan fingerprint density at radius 1 is 1.17 bits per heavy atom. The van der Waals surface area contributed by atoms with E-state index in [-0.39, 0.29) is 5.91 Å². The highest BCUT2D eigenvalue weighted by Gasteiger charge is 2.19. The molecule has 0 aromatic heterocycles. The van der Waals surface area contributed by atoms with Gasteiger partial charge in [0, 0.05) is 39.6 Å². The van der Waals surface area contributed by atoms with E-state index in [1.54, 1.807) is 0 Å². The summed E-state index contributed by atoms with van der Waals surface area (Å²) < 4.78 is 0. The standard InChI is InChI=1S/C15H22N2O/c1-13(14-6-4-3-5-7-14)12-17-9-8-15(18)16(2)10-11-17/h3-7,13H,8-12H2,1-2H3. The number of rotatable bonds is 3. The molecule has 2 rings (SSSR count). The Morgan fingerprint density at radius 2 is 1.89 bits per heavy atom. The quantitative estimate of drug-likeness (QED) is 0.814. The maximum Gasteiger partial charge on any atom is 0.223 e. The molecule has 0 aliphatic carbocycles. The molecule has 3 heteroatoms. The molecular formula is C15H22N2O. The van der Waals surface area contributed by atoms with Crippen LogP contribution in [0.2, 0.25) is 0 Å². The summed E-state index contributed by atoms with van der Waals surface area (Å²) in [5, 5.41) is 0. The highest BCUT2D eigenvalue weighted by atomic mass is 16.2. The van der Waals surface area contributed by atoms with Gasteiger partial charge < -0.3 is 9.80 Å². The first-order chi connectivity index (χ1) is 8.66. The molecule has 1 heterocycles. The molecule has 0 radical (unpaired) electrons. The summed E-state index contributed by atoms with van der Waals surface area (Å²) in [4.78, 5) is 15.9. The third kappa shape index (κ3) is 3.33. The normalized spacial score (nSPS) is 19.7. The first-order valence-electron chi connectivity index (χ1n) is 6.68. The highest BCUT2D eigenvalue weighted by Crippen LogP contribution is 2.17. The Bertz CT molecular complexity index is 391. The van der Waals surface area contributed by atoms with E-state index < -0.39 is 0 Å². The van der Waals surface area contributed by atoms with Crippen molar-refractivity contribution < 1.29 is 4.79 Å². The van der Waals surface area contributed by atoms with Gasteiger partial charge in [0.2, 0.25) is 5.91 Å². The number of hydrogen-bond acceptors (Lipinski definition) is 2. The van der Waals surface area contributed by atoms with Crippen LogP contribution in [0, 0.1) is 0 Å². The van der Waals surface area contributed by atoms with E-state index >= 15 is 0 Å². The molecular weight excluding hydrogens is 224 g/mol. The van der Waals surface area contributed by atoms with E-state index in [1.165, 1.54) is 5.56 Å². The van der Waals surface area contributed by atoms with Gasteiger partial charge in [0.25, 0.3) is 0 Å². The van der Waals surface area contributed by atoms with Gasteiger partial charge in [0.1, 0.15) is 0 Å². The fraction of sp³-hybridized carbons (Fsp3) is 0.533. The maximum absolute atomic E-state index is 11.6. The molecule has 1 aliphatic heterocycles. The average Bonchev–Trinajstić information content (AvgIpc) is 2.55. The number of likely N-dealkylation sites (N-methyl/N-ethyl adjacent to an activating group) is 1. The molecule has 0 bridgehead atoms. The second-order valence-corrected chi connectivity index (χ2v) is 5.18. The van der Waals surface area contributed by atoms with Crippen molar-refractivity contribution >= 4 is 5.91 Å². The van der Waals surface area contributed by atoms with Crippen molar-refractivity contribution in [2.75, 3.05) is 33.2 Å². The fourth-order valence-corrected chi connectivity index (χ4v) is 2.43. The minimum absolute atomic E-state index is 0.268. The third-order valence-corrected chi connectivity index (χ3v) is 3.72. The van der Waals surface area contributed by atoms with Gasteiger partial charge in [-0.25, -0.2) is 0 Å². The van der Waals surface area contributed by atoms with Gasteiger partial charge in [-0.2, -0.15) is 0 Å². The first kappa shape index (κ1) is 13.1. The minimum atomic E-state index is 0.268. The fourth-order valence-electron chi connectivity index (χ4n) is 2.43. The maximum atomic E-state index is 11.6. The second kappa shape index (κ2) is 6.01. The van der Waals surface area contributed by atoms with Crippen LogP contribution >= 0.6 is 0 Å². The van der Waals surface area contributed by atoms with Crippen LogP contribution in [0.5, 0.6) is 0 Å². The predicted octanol–water partition coefficient (Wildman–Crippen LogP) is 1.95. The lowest BCUT2D eigenvalue weighted by atomic mass is 10.0. The first-order valence-corrected chi connectivity index (χ1v) is 6.68. The van der Waals surface area contributed by atoms with Crippen LogP contribution in [0.1, 0.15) is 24.8 Å². The van der Waals surface area contributed by atoms with E-state index in [0.29, 0.717) is 12.3 Å². The number of amides is 1. The van der Waals surface area contributed by atoms with E-state index in [2.05, 4.69) is 42.2 Å². The molecule has 0 saturated carbocycles. The van der Waals surface area contributed by atoms with Crippen molar-refractivity contribution in [1.29, 1.82) is 0 Å². The Balaban J connectivity index is 1.91. The molecule has 1 unspecified atom stereocenters. The molecule has 18 heavy (non-hydrogen) atoms. The molecule has 1 fully saturated rings. The minimum Gasteiger partial charge on any atom is -0.344 e. The van der Waals surface area contributed by atoms with Crippen LogP contribution in [0.25, 0.3) is 0 Å². The lowest BCUT2D eigenvalue weighted by Crippen LogP contribution is -2.32. The van der Waals surface area contributed by atoms with E-state index in [0.717, 1.165) is 26.2 Å². The van der Waals surface area contributed by atoms with Gasteiger partial charge in [-0.05, 0) is 11.5 Å². The number of carbonyl (C=O) groups is 1. The predicted molar refractivity (Wildman–Crippen MR) is 73.6 cm³/mol.